The lowest BCUT2D eigenvalue weighted by Gasteiger charge is -2.08. The molecule has 14 aromatic rings. The van der Waals surface area contributed by atoms with Gasteiger partial charge in [0, 0.05) is 87.8 Å². The molecule has 0 bridgehead atoms. The zero-order valence-corrected chi connectivity index (χ0v) is 63.6. The molecule has 0 spiro atoms. The first-order chi connectivity index (χ1) is 52.8. The molecular formula is C85H89N17O2S4. The summed E-state index contributed by atoms with van der Waals surface area (Å²) in [6, 6.07) is 60.9. The molecule has 0 aliphatic rings. The van der Waals surface area contributed by atoms with Crippen molar-refractivity contribution in [1.29, 1.82) is 0 Å². The van der Waals surface area contributed by atoms with Crippen molar-refractivity contribution in [2.24, 2.45) is 61.6 Å². The number of guanidine groups is 2. The van der Waals surface area contributed by atoms with Crippen molar-refractivity contribution in [3.63, 3.8) is 0 Å². The van der Waals surface area contributed by atoms with E-state index in [1.54, 1.807) is 57.7 Å². The van der Waals surface area contributed by atoms with Gasteiger partial charge in [-0.3, -0.25) is 9.98 Å². The molecule has 550 valence electrons. The fourth-order valence-electron chi connectivity index (χ4n) is 12.5. The number of nitrogens with zero attached hydrogens (tertiary/aromatic N) is 8. The van der Waals surface area contributed by atoms with E-state index in [4.69, 9.17) is 70.4 Å². The normalized spacial score (nSPS) is 11.1. The largest absolute Gasteiger partial charge is 0.436 e. The first-order valence-electron chi connectivity index (χ1n) is 36.0. The van der Waals surface area contributed by atoms with E-state index in [2.05, 4.69) is 140 Å². The van der Waals surface area contributed by atoms with Crippen molar-refractivity contribution in [3.05, 3.63) is 263 Å². The van der Waals surface area contributed by atoms with Crippen molar-refractivity contribution in [1.82, 2.24) is 29.9 Å². The summed E-state index contributed by atoms with van der Waals surface area (Å²) in [5.74, 6) is 2.52. The molecule has 0 fully saturated rings. The van der Waals surface area contributed by atoms with E-state index in [0.717, 1.165) is 143 Å². The van der Waals surface area contributed by atoms with Crippen LogP contribution in [0.4, 0.5) is 0 Å². The molecule has 0 saturated carbocycles. The number of oxazole rings is 2. The van der Waals surface area contributed by atoms with Crippen LogP contribution in [0.15, 0.2) is 237 Å². The van der Waals surface area contributed by atoms with E-state index in [-0.39, 0.29) is 11.9 Å². The summed E-state index contributed by atoms with van der Waals surface area (Å²) in [5, 5.41) is 6.04. The Labute approximate surface area is 645 Å². The second-order valence-electron chi connectivity index (χ2n) is 25.8. The van der Waals surface area contributed by atoms with Crippen LogP contribution in [-0.2, 0) is 51.4 Å². The zero-order chi connectivity index (χ0) is 75.1. The first kappa shape index (κ1) is 76.7. The molecule has 19 nitrogen and oxygen atoms in total. The SMILES string of the molecule is CCCc1cc(CCN)cc(-c2cnc(-c3cccc(-c4ncc(-c5cc(CCN)cc(CCN)c5)s4)c3)s2)c1.NC(N)=NCCc1cccc(-c2cnc(-c3cccc(-c4ncc(-c5cccc(CCN=C(N)N)c5)o4)c3)o2)c1.NCCc1cc(CCN)cc(-c2cnc(-c3cccc(-c4nccs4)c3)s2)c1. The molecule has 108 heavy (non-hydrogen) atoms. The molecule has 0 unspecified atom stereocenters. The number of thiazole rings is 4. The lowest BCUT2D eigenvalue weighted by molar-refractivity contribution is 0.586. The van der Waals surface area contributed by atoms with E-state index in [1.165, 1.54) is 54.9 Å². The number of nitrogens with two attached hydrogens (primary N) is 9. The highest BCUT2D eigenvalue weighted by molar-refractivity contribution is 7.19. The van der Waals surface area contributed by atoms with Gasteiger partial charge in [-0.1, -0.05) is 147 Å². The molecular weight excluding hydrogens is 1420 g/mol. The second-order valence-corrected chi connectivity index (χ2v) is 29.8. The fraction of sp³-hybridized carbons (Fsp3) is 0.200. The maximum absolute atomic E-state index is 6.12. The molecule has 8 aromatic carbocycles. The second kappa shape index (κ2) is 38.0. The van der Waals surface area contributed by atoms with Crippen LogP contribution in [-0.4, -0.2) is 87.6 Å². The highest BCUT2D eigenvalue weighted by Gasteiger charge is 2.18. The monoisotopic (exact) mass is 1510 g/mol. The molecule has 0 amide bonds. The Bertz CT molecular complexity index is 5010. The maximum atomic E-state index is 6.12. The van der Waals surface area contributed by atoms with Gasteiger partial charge in [0.05, 0.1) is 27.0 Å². The van der Waals surface area contributed by atoms with Gasteiger partial charge in [-0.05, 0) is 188 Å². The number of rotatable bonds is 29. The number of hydrogen-bond acceptors (Lipinski definition) is 19. The van der Waals surface area contributed by atoms with Crippen LogP contribution < -0.4 is 51.6 Å². The highest BCUT2D eigenvalue weighted by Crippen LogP contribution is 2.40. The van der Waals surface area contributed by atoms with Crippen molar-refractivity contribution in [3.8, 4) is 119 Å². The Hall–Kier alpha value is -11.0. The summed E-state index contributed by atoms with van der Waals surface area (Å²) in [6.07, 6.45) is 19.2. The summed E-state index contributed by atoms with van der Waals surface area (Å²) in [4.78, 5) is 39.3. The predicted molar refractivity (Wildman–Crippen MR) is 448 cm³/mol. The summed E-state index contributed by atoms with van der Waals surface area (Å²) < 4.78 is 12.2. The van der Waals surface area contributed by atoms with Crippen LogP contribution in [0.3, 0.4) is 0 Å². The smallest absolute Gasteiger partial charge is 0.226 e. The molecule has 0 radical (unpaired) electrons. The van der Waals surface area contributed by atoms with Gasteiger partial charge in [0.1, 0.15) is 20.0 Å². The fourth-order valence-corrected chi connectivity index (χ4v) is 15.9. The van der Waals surface area contributed by atoms with Crippen LogP contribution in [0.1, 0.15) is 57.9 Å². The Morgan fingerprint density at radius 3 is 0.991 bits per heavy atom. The van der Waals surface area contributed by atoms with Gasteiger partial charge in [0.25, 0.3) is 0 Å². The van der Waals surface area contributed by atoms with Crippen LogP contribution in [0.25, 0.3) is 119 Å². The van der Waals surface area contributed by atoms with Crippen molar-refractivity contribution >= 4 is 57.3 Å². The Balaban J connectivity index is 0.000000154. The maximum Gasteiger partial charge on any atom is 0.226 e. The number of hydrogen-bond donors (Lipinski definition) is 9. The van der Waals surface area contributed by atoms with Gasteiger partial charge in [0.2, 0.25) is 11.8 Å². The van der Waals surface area contributed by atoms with Crippen LogP contribution in [0.2, 0.25) is 0 Å². The predicted octanol–water partition coefficient (Wildman–Crippen LogP) is 15.3. The Morgan fingerprint density at radius 2 is 0.648 bits per heavy atom. The van der Waals surface area contributed by atoms with Gasteiger partial charge >= 0.3 is 0 Å². The Kier molecular flexibility index (Phi) is 27.0. The van der Waals surface area contributed by atoms with Crippen LogP contribution in [0, 0.1) is 0 Å². The van der Waals surface area contributed by atoms with E-state index in [0.29, 0.717) is 69.1 Å². The van der Waals surface area contributed by atoms with Crippen LogP contribution >= 0.6 is 45.3 Å². The standard InChI is InChI=1S/C33H37N5S2.C30H30N8O2.C22H22N4S2/c1-2-4-22-13-23(7-10-34)16-28(15-22)30-20-37-32(39-30)26-5-3-6-27(19-26)33-38-21-31(40-33)29-17-24(8-11-35)14-25(18-29)9-12-36;31-29(32)35-12-10-19-4-1-6-21(14-19)25-17-37-27(39-25)23-8-3-9-24(16-23)28-38-18-26(40-28)22-7-2-5-20(15-22)11-13-36-30(33)34;23-6-4-15-10-16(5-7-24)12-19(11-15)20-14-26-22(28-20)18-3-1-2-17(13-18)21-25-8-9-27-21/h3,5-6,13-21H,2,4,7-12,34-36H2,1H3;1-9,14-18H,10-13H2,(H4,31,32,35)(H4,33,34,36);1-3,8-14H,4-7,23-24H2. The van der Waals surface area contributed by atoms with E-state index >= 15 is 0 Å². The molecule has 18 N–H and O–H groups in total. The van der Waals surface area contributed by atoms with Crippen molar-refractivity contribution in [2.45, 2.75) is 64.7 Å². The summed E-state index contributed by atoms with van der Waals surface area (Å²) in [5.41, 5.74) is 72.2. The number of aromatic nitrogens is 6. The number of aliphatic imine (C=N–C) groups is 2. The minimum absolute atomic E-state index is 0.0874. The third kappa shape index (κ3) is 20.8. The van der Waals surface area contributed by atoms with Gasteiger partial charge in [-0.25, -0.2) is 29.9 Å². The topological polar surface area (TPSA) is 363 Å². The van der Waals surface area contributed by atoms with Gasteiger partial charge in [-0.2, -0.15) is 0 Å². The molecule has 23 heteroatoms. The van der Waals surface area contributed by atoms with E-state index in [1.807, 2.05) is 103 Å². The van der Waals surface area contributed by atoms with E-state index < -0.39 is 0 Å². The third-order valence-electron chi connectivity index (χ3n) is 17.6. The van der Waals surface area contributed by atoms with E-state index in [9.17, 15) is 0 Å². The van der Waals surface area contributed by atoms with Crippen molar-refractivity contribution < 1.29 is 8.83 Å². The summed E-state index contributed by atoms with van der Waals surface area (Å²) in [6.45, 7) is 6.46. The highest BCUT2D eigenvalue weighted by atomic mass is 32.1. The van der Waals surface area contributed by atoms with Crippen molar-refractivity contribution in [2.75, 3.05) is 45.8 Å². The third-order valence-corrected chi connectivity index (χ3v) is 21.7. The zero-order valence-electron chi connectivity index (χ0n) is 60.3. The lowest BCUT2D eigenvalue weighted by atomic mass is 10.0. The van der Waals surface area contributed by atoms with Gasteiger partial charge in [0.15, 0.2) is 23.4 Å². The van der Waals surface area contributed by atoms with Crippen LogP contribution in [0.5, 0.6) is 0 Å². The molecule has 6 aromatic heterocycles. The summed E-state index contributed by atoms with van der Waals surface area (Å²) >= 11 is 6.80. The quantitative estimate of drug-likeness (QED) is 0.0155. The lowest BCUT2D eigenvalue weighted by Crippen LogP contribution is -2.23. The molecule has 0 saturated heterocycles. The molecule has 0 atom stereocenters. The molecule has 14 rings (SSSR count). The minimum Gasteiger partial charge on any atom is -0.436 e. The average molecular weight is 1510 g/mol. The summed E-state index contributed by atoms with van der Waals surface area (Å²) in [7, 11) is 0. The Morgan fingerprint density at radius 1 is 0.324 bits per heavy atom. The van der Waals surface area contributed by atoms with Gasteiger partial charge in [-0.15, -0.1) is 45.3 Å². The molecule has 6 heterocycles. The minimum atomic E-state index is 0.0874. The molecule has 0 aliphatic heterocycles. The molecule has 0 aliphatic carbocycles. The first-order valence-corrected chi connectivity index (χ1v) is 39.3. The van der Waals surface area contributed by atoms with Gasteiger partial charge < -0.3 is 60.4 Å². The number of benzene rings is 8. The average Bonchev–Trinajstić information content (AvgIpc) is 1.68. The number of aryl methyl sites for hydroxylation is 1.